The molecule has 0 aliphatic carbocycles. The number of benzene rings is 4. The first-order valence-electron chi connectivity index (χ1n) is 8.74. The van der Waals surface area contributed by atoms with Crippen molar-refractivity contribution in [1.82, 2.24) is 4.98 Å². The number of aromatic nitrogens is 1. The molecule has 4 nitrogen and oxygen atoms in total. The Hall–Kier alpha value is -3.79. The van der Waals surface area contributed by atoms with Gasteiger partial charge in [0.15, 0.2) is 0 Å². The van der Waals surface area contributed by atoms with Gasteiger partial charge in [-0.05, 0) is 29.7 Å². The van der Waals surface area contributed by atoms with Gasteiger partial charge in [-0.15, -0.1) is 0 Å². The molecule has 1 heterocycles. The van der Waals surface area contributed by atoms with Crippen LogP contribution in [-0.4, -0.2) is 16.0 Å². The van der Waals surface area contributed by atoms with E-state index >= 15 is 0 Å². The number of H-pyrrole nitrogens is 1. The minimum atomic E-state index is -0.338. The first-order valence-corrected chi connectivity index (χ1v) is 8.74. The molecular weight excluding hydrogens is 336 g/mol. The Morgan fingerprint density at radius 3 is 2.41 bits per heavy atom. The van der Waals surface area contributed by atoms with Gasteiger partial charge in [-0.3, -0.25) is 4.79 Å². The van der Waals surface area contributed by atoms with E-state index in [2.05, 4.69) is 10.3 Å². The number of rotatable bonds is 2. The molecule has 5 aromatic rings. The number of para-hydroxylation sites is 2. The summed E-state index contributed by atoms with van der Waals surface area (Å²) in [5, 5.41) is 17.1. The summed E-state index contributed by atoms with van der Waals surface area (Å²) in [6.07, 6.45) is 0. The lowest BCUT2D eigenvalue weighted by Gasteiger charge is -2.11. The molecule has 0 radical (unpaired) electrons. The van der Waals surface area contributed by atoms with Gasteiger partial charge in [0.1, 0.15) is 5.75 Å². The van der Waals surface area contributed by atoms with Crippen LogP contribution in [-0.2, 0) is 0 Å². The number of hydrogen-bond donors (Lipinski definition) is 3. The number of nitrogens with one attached hydrogen (secondary N) is 2. The third kappa shape index (κ3) is 2.42. The molecule has 0 aliphatic rings. The Morgan fingerprint density at radius 1 is 0.815 bits per heavy atom. The van der Waals surface area contributed by atoms with Gasteiger partial charge in [0.25, 0.3) is 5.91 Å². The highest BCUT2D eigenvalue weighted by molar-refractivity contribution is 6.24. The number of aromatic hydroxyl groups is 1. The Labute approximate surface area is 155 Å². The maximum Gasteiger partial charge on any atom is 0.260 e. The minimum absolute atomic E-state index is 0.0397. The van der Waals surface area contributed by atoms with Crippen LogP contribution in [0.5, 0.6) is 5.75 Å². The molecule has 5 rings (SSSR count). The molecule has 0 unspecified atom stereocenters. The summed E-state index contributed by atoms with van der Waals surface area (Å²) >= 11 is 0. The standard InChI is InChI=1S/C23H16N2O2/c26-19-13-11-14-10-12-17-16-8-4-5-9-18(16)25-22(17)20(14)21(19)23(27)24-15-6-2-1-3-7-15/h1-13,25-26H,(H,24,27). The van der Waals surface area contributed by atoms with Gasteiger partial charge in [-0.1, -0.05) is 54.6 Å². The zero-order chi connectivity index (χ0) is 18.4. The minimum Gasteiger partial charge on any atom is -0.507 e. The van der Waals surface area contributed by atoms with Gasteiger partial charge >= 0.3 is 0 Å². The summed E-state index contributed by atoms with van der Waals surface area (Å²) in [4.78, 5) is 16.4. The topological polar surface area (TPSA) is 65.1 Å². The molecule has 4 heteroatoms. The molecule has 1 amide bonds. The predicted octanol–water partition coefficient (Wildman–Crippen LogP) is 5.43. The van der Waals surface area contributed by atoms with Crippen molar-refractivity contribution in [1.29, 1.82) is 0 Å². The van der Waals surface area contributed by atoms with Crippen LogP contribution in [0.1, 0.15) is 10.4 Å². The Balaban J connectivity index is 1.80. The number of aromatic amines is 1. The second kappa shape index (κ2) is 5.88. The number of carbonyl (C=O) groups excluding carboxylic acids is 1. The molecule has 1 aromatic heterocycles. The first-order chi connectivity index (χ1) is 13.2. The fourth-order valence-electron chi connectivity index (χ4n) is 3.67. The number of phenolic OH excluding ortho intramolecular Hbond substituents is 1. The summed E-state index contributed by atoms with van der Waals surface area (Å²) in [5.74, 6) is -0.377. The van der Waals surface area contributed by atoms with Crippen molar-refractivity contribution in [3.63, 3.8) is 0 Å². The first kappa shape index (κ1) is 15.5. The molecule has 130 valence electrons. The van der Waals surface area contributed by atoms with E-state index in [-0.39, 0.29) is 17.2 Å². The van der Waals surface area contributed by atoms with Gasteiger partial charge in [0.05, 0.1) is 11.1 Å². The molecule has 0 aliphatic heterocycles. The molecule has 3 N–H and O–H groups in total. The lowest BCUT2D eigenvalue weighted by Crippen LogP contribution is -2.12. The number of fused-ring (bicyclic) bond motifs is 5. The molecule has 0 saturated carbocycles. The van der Waals surface area contributed by atoms with Gasteiger partial charge in [-0.2, -0.15) is 0 Å². The average Bonchev–Trinajstić information content (AvgIpc) is 3.07. The van der Waals surface area contributed by atoms with Crippen LogP contribution in [0.25, 0.3) is 32.6 Å². The maximum absolute atomic E-state index is 13.0. The Bertz CT molecular complexity index is 1320. The smallest absolute Gasteiger partial charge is 0.260 e. The van der Waals surface area contributed by atoms with Crippen LogP contribution >= 0.6 is 0 Å². The largest absolute Gasteiger partial charge is 0.507 e. The van der Waals surface area contributed by atoms with E-state index in [1.54, 1.807) is 6.07 Å². The van der Waals surface area contributed by atoms with Crippen molar-refractivity contribution in [2.24, 2.45) is 0 Å². The fourth-order valence-corrected chi connectivity index (χ4v) is 3.67. The summed E-state index contributed by atoms with van der Waals surface area (Å²) in [6.45, 7) is 0. The number of anilines is 1. The highest BCUT2D eigenvalue weighted by Crippen LogP contribution is 2.36. The van der Waals surface area contributed by atoms with E-state index in [0.717, 1.165) is 32.6 Å². The molecule has 4 aromatic carbocycles. The van der Waals surface area contributed by atoms with Crippen LogP contribution in [0, 0.1) is 0 Å². The maximum atomic E-state index is 13.0. The second-order valence-corrected chi connectivity index (χ2v) is 6.54. The molecule has 27 heavy (non-hydrogen) atoms. The highest BCUT2D eigenvalue weighted by Gasteiger charge is 2.19. The zero-order valence-corrected chi connectivity index (χ0v) is 14.4. The van der Waals surface area contributed by atoms with Gasteiger partial charge in [0.2, 0.25) is 0 Å². The molecule has 0 atom stereocenters. The third-order valence-electron chi connectivity index (χ3n) is 4.90. The molecule has 0 spiro atoms. The summed E-state index contributed by atoms with van der Waals surface area (Å²) in [7, 11) is 0. The van der Waals surface area contributed by atoms with E-state index in [1.165, 1.54) is 0 Å². The highest BCUT2D eigenvalue weighted by atomic mass is 16.3. The molecule has 0 saturated heterocycles. The van der Waals surface area contributed by atoms with Crippen molar-refractivity contribution < 1.29 is 9.90 Å². The van der Waals surface area contributed by atoms with E-state index in [4.69, 9.17) is 0 Å². The normalized spacial score (nSPS) is 11.3. The molecule has 0 bridgehead atoms. The third-order valence-corrected chi connectivity index (χ3v) is 4.90. The second-order valence-electron chi connectivity index (χ2n) is 6.54. The van der Waals surface area contributed by atoms with Crippen LogP contribution in [0.4, 0.5) is 5.69 Å². The van der Waals surface area contributed by atoms with Gasteiger partial charge < -0.3 is 15.4 Å². The van der Waals surface area contributed by atoms with E-state index < -0.39 is 0 Å². The van der Waals surface area contributed by atoms with E-state index in [0.29, 0.717) is 5.69 Å². The lowest BCUT2D eigenvalue weighted by atomic mass is 9.99. The van der Waals surface area contributed by atoms with Crippen molar-refractivity contribution in [2.45, 2.75) is 0 Å². The predicted molar refractivity (Wildman–Crippen MR) is 109 cm³/mol. The molecular formula is C23H16N2O2. The van der Waals surface area contributed by atoms with Gasteiger partial charge in [-0.25, -0.2) is 0 Å². The van der Waals surface area contributed by atoms with Crippen molar-refractivity contribution in [3.05, 3.63) is 84.4 Å². The number of phenols is 1. The van der Waals surface area contributed by atoms with Crippen LogP contribution in [0.3, 0.4) is 0 Å². The number of carbonyl (C=O) groups is 1. The van der Waals surface area contributed by atoms with Gasteiger partial charge in [0, 0.05) is 27.4 Å². The summed E-state index contributed by atoms with van der Waals surface area (Å²) < 4.78 is 0. The SMILES string of the molecule is O=C(Nc1ccccc1)c1c(O)ccc2ccc3c4ccccc4[nH]c3c12. The van der Waals surface area contributed by atoms with Crippen molar-refractivity contribution in [2.75, 3.05) is 5.32 Å². The van der Waals surface area contributed by atoms with E-state index in [1.807, 2.05) is 72.8 Å². The summed E-state index contributed by atoms with van der Waals surface area (Å²) in [6, 6.07) is 24.7. The lowest BCUT2D eigenvalue weighted by molar-refractivity contribution is 0.102. The van der Waals surface area contributed by atoms with Crippen LogP contribution < -0.4 is 5.32 Å². The van der Waals surface area contributed by atoms with Crippen molar-refractivity contribution >= 4 is 44.2 Å². The van der Waals surface area contributed by atoms with Crippen LogP contribution in [0.2, 0.25) is 0 Å². The number of amides is 1. The zero-order valence-electron chi connectivity index (χ0n) is 14.4. The quantitative estimate of drug-likeness (QED) is 0.396. The van der Waals surface area contributed by atoms with Crippen molar-refractivity contribution in [3.8, 4) is 5.75 Å². The van der Waals surface area contributed by atoms with Crippen LogP contribution in [0.15, 0.2) is 78.9 Å². The number of hydrogen-bond acceptors (Lipinski definition) is 2. The fraction of sp³-hybridized carbons (Fsp3) is 0. The monoisotopic (exact) mass is 352 g/mol. The van der Waals surface area contributed by atoms with E-state index in [9.17, 15) is 9.90 Å². The summed E-state index contributed by atoms with van der Waals surface area (Å²) in [5.41, 5.74) is 2.80. The Kier molecular flexibility index (Phi) is 3.37. The average molecular weight is 352 g/mol. The molecule has 0 fully saturated rings. The Morgan fingerprint density at radius 2 is 1.56 bits per heavy atom.